The van der Waals surface area contributed by atoms with Crippen molar-refractivity contribution in [3.8, 4) is 0 Å². The van der Waals surface area contributed by atoms with Gasteiger partial charge in [0.15, 0.2) is 0 Å². The minimum absolute atomic E-state index is 0.00974. The van der Waals surface area contributed by atoms with E-state index in [1.165, 1.54) is 12.1 Å². The zero-order valence-electron chi connectivity index (χ0n) is 14.1. The third-order valence-corrected chi connectivity index (χ3v) is 6.02. The third kappa shape index (κ3) is 3.88. The average Bonchev–Trinajstić information content (AvgIpc) is 2.88. The number of rotatable bonds is 4. The van der Waals surface area contributed by atoms with Gasteiger partial charge in [0.2, 0.25) is 10.0 Å². The van der Waals surface area contributed by atoms with Gasteiger partial charge >= 0.3 is 0 Å². The first-order chi connectivity index (χ1) is 11.8. The van der Waals surface area contributed by atoms with Gasteiger partial charge in [-0.3, -0.25) is 4.68 Å². The molecule has 7 nitrogen and oxygen atoms in total. The molecule has 1 fully saturated rings. The van der Waals surface area contributed by atoms with E-state index in [4.69, 9.17) is 0 Å². The van der Waals surface area contributed by atoms with E-state index >= 15 is 0 Å². The van der Waals surface area contributed by atoms with Crippen molar-refractivity contribution in [1.29, 1.82) is 0 Å². The smallest absolute Gasteiger partial charge is 0.240 e. The summed E-state index contributed by atoms with van der Waals surface area (Å²) in [5.74, 6) is 0.951. The molecule has 25 heavy (non-hydrogen) atoms. The second kappa shape index (κ2) is 6.81. The molecule has 0 aliphatic heterocycles. The van der Waals surface area contributed by atoms with Crippen molar-refractivity contribution in [2.24, 2.45) is 7.05 Å². The second-order valence-corrected chi connectivity index (χ2v) is 8.11. The van der Waals surface area contributed by atoms with Crippen LogP contribution >= 0.6 is 0 Å². The Kier molecular flexibility index (Phi) is 4.90. The molecule has 1 aliphatic rings. The van der Waals surface area contributed by atoms with Gasteiger partial charge in [0.1, 0.15) is 17.5 Å². The fourth-order valence-corrected chi connectivity index (χ4v) is 4.56. The summed E-state index contributed by atoms with van der Waals surface area (Å²) in [5, 5.41) is 14.5. The topological polar surface area (TPSA) is 97.1 Å². The molecule has 0 saturated heterocycles. The molecule has 0 amide bonds. The molecule has 1 aromatic carbocycles. The summed E-state index contributed by atoms with van der Waals surface area (Å²) in [6.07, 6.45) is 0.823. The van der Waals surface area contributed by atoms with Gasteiger partial charge in [0.25, 0.3) is 0 Å². The number of hydrogen-bond acceptors (Lipinski definition) is 5. The number of aliphatic hydroxyl groups excluding tert-OH is 1. The Labute approximate surface area is 145 Å². The van der Waals surface area contributed by atoms with Crippen LogP contribution < -0.4 is 4.72 Å². The number of nitrogens with zero attached hydrogens (tertiary/aromatic N) is 3. The molecule has 0 bridgehead atoms. The summed E-state index contributed by atoms with van der Waals surface area (Å²) in [4.78, 5) is 4.38. The number of aryl methyl sites for hydroxylation is 2. The Morgan fingerprint density at radius 1 is 1.28 bits per heavy atom. The molecular weight excluding hydrogens is 347 g/mol. The van der Waals surface area contributed by atoms with Crippen LogP contribution in [0.3, 0.4) is 0 Å². The van der Waals surface area contributed by atoms with Gasteiger partial charge in [-0.25, -0.2) is 22.5 Å². The molecular formula is C16H21FN4O3S. The van der Waals surface area contributed by atoms with E-state index in [0.717, 1.165) is 18.0 Å². The summed E-state index contributed by atoms with van der Waals surface area (Å²) in [5.41, 5.74) is 0. The average molecular weight is 368 g/mol. The molecule has 9 heteroatoms. The number of aliphatic hydroxyl groups is 1. The maximum atomic E-state index is 13.0. The summed E-state index contributed by atoms with van der Waals surface area (Å²) in [6.45, 7) is 1.80. The summed E-state index contributed by atoms with van der Waals surface area (Å²) in [7, 11) is -2.04. The molecule has 3 rings (SSSR count). The van der Waals surface area contributed by atoms with E-state index in [9.17, 15) is 17.9 Å². The van der Waals surface area contributed by atoms with E-state index in [-0.39, 0.29) is 10.8 Å². The van der Waals surface area contributed by atoms with Gasteiger partial charge in [-0.2, -0.15) is 5.10 Å². The van der Waals surface area contributed by atoms with Crippen LogP contribution in [0.5, 0.6) is 0 Å². The van der Waals surface area contributed by atoms with E-state index < -0.39 is 28.0 Å². The molecule has 3 atom stereocenters. The zero-order chi connectivity index (χ0) is 18.2. The monoisotopic (exact) mass is 368 g/mol. The van der Waals surface area contributed by atoms with Gasteiger partial charge in [0, 0.05) is 19.0 Å². The fourth-order valence-electron chi connectivity index (χ4n) is 3.28. The lowest BCUT2D eigenvalue weighted by atomic mass is 9.83. The molecule has 136 valence electrons. The summed E-state index contributed by atoms with van der Waals surface area (Å²) in [6, 6.07) is 3.96. The predicted octanol–water partition coefficient (Wildman–Crippen LogP) is 1.24. The second-order valence-electron chi connectivity index (χ2n) is 6.40. The first-order valence-corrected chi connectivity index (χ1v) is 9.58. The van der Waals surface area contributed by atoms with E-state index in [1.54, 1.807) is 18.7 Å². The van der Waals surface area contributed by atoms with Crippen LogP contribution in [0.25, 0.3) is 0 Å². The number of hydrogen-bond donors (Lipinski definition) is 2. The molecule has 1 aromatic heterocycles. The quantitative estimate of drug-likeness (QED) is 0.846. The van der Waals surface area contributed by atoms with Crippen LogP contribution in [0.4, 0.5) is 4.39 Å². The summed E-state index contributed by atoms with van der Waals surface area (Å²) >= 11 is 0. The Hall–Kier alpha value is -1.84. The van der Waals surface area contributed by atoms with Gasteiger partial charge in [0.05, 0.1) is 11.0 Å². The van der Waals surface area contributed by atoms with E-state index in [1.807, 2.05) is 0 Å². The van der Waals surface area contributed by atoms with Crippen molar-refractivity contribution in [3.05, 3.63) is 41.7 Å². The van der Waals surface area contributed by atoms with Gasteiger partial charge in [-0.05, 0) is 50.5 Å². The normalized spacial score (nSPS) is 24.4. The number of aromatic nitrogens is 3. The molecule has 0 unspecified atom stereocenters. The number of nitrogens with one attached hydrogen (secondary N) is 1. The van der Waals surface area contributed by atoms with Crippen LogP contribution in [0.2, 0.25) is 0 Å². The maximum absolute atomic E-state index is 13.0. The van der Waals surface area contributed by atoms with Gasteiger partial charge in [-0.15, -0.1) is 0 Å². The van der Waals surface area contributed by atoms with E-state index in [2.05, 4.69) is 14.8 Å². The summed E-state index contributed by atoms with van der Waals surface area (Å²) < 4.78 is 42.2. The van der Waals surface area contributed by atoms with Crippen molar-refractivity contribution in [2.45, 2.75) is 49.1 Å². The molecule has 1 heterocycles. The van der Waals surface area contributed by atoms with Crippen molar-refractivity contribution >= 4 is 10.0 Å². The van der Waals surface area contributed by atoms with Crippen LogP contribution in [-0.2, 0) is 17.1 Å². The molecule has 0 radical (unpaired) electrons. The number of sulfonamides is 1. The van der Waals surface area contributed by atoms with Crippen molar-refractivity contribution in [3.63, 3.8) is 0 Å². The zero-order valence-corrected chi connectivity index (χ0v) is 14.9. The van der Waals surface area contributed by atoms with Crippen molar-refractivity contribution in [2.75, 3.05) is 0 Å². The highest BCUT2D eigenvalue weighted by molar-refractivity contribution is 7.89. The lowest BCUT2D eigenvalue weighted by Crippen LogP contribution is -2.46. The minimum Gasteiger partial charge on any atom is -0.391 e. The highest BCUT2D eigenvalue weighted by Gasteiger charge is 2.35. The molecule has 1 saturated carbocycles. The molecule has 2 N–H and O–H groups in total. The van der Waals surface area contributed by atoms with E-state index in [0.29, 0.717) is 25.1 Å². The van der Waals surface area contributed by atoms with Crippen molar-refractivity contribution in [1.82, 2.24) is 19.5 Å². The molecule has 1 aliphatic carbocycles. The van der Waals surface area contributed by atoms with Gasteiger partial charge in [-0.1, -0.05) is 0 Å². The van der Waals surface area contributed by atoms with Crippen molar-refractivity contribution < 1.29 is 17.9 Å². The van der Waals surface area contributed by atoms with Crippen LogP contribution in [0, 0.1) is 12.7 Å². The maximum Gasteiger partial charge on any atom is 0.240 e. The van der Waals surface area contributed by atoms with Crippen LogP contribution in [-0.4, -0.2) is 40.4 Å². The van der Waals surface area contributed by atoms with Crippen LogP contribution in [0.1, 0.15) is 36.8 Å². The Balaban J connectivity index is 1.78. The van der Waals surface area contributed by atoms with Crippen LogP contribution in [0.15, 0.2) is 29.2 Å². The lowest BCUT2D eigenvalue weighted by molar-refractivity contribution is 0.0916. The first kappa shape index (κ1) is 18.0. The first-order valence-electron chi connectivity index (χ1n) is 8.10. The minimum atomic E-state index is -3.84. The standard InChI is InChI=1S/C16H21FN4O3S/c1-10-18-16(21(2)19-10)11-3-8-15(22)14(9-11)20-25(23,24)13-6-4-12(17)5-7-13/h4-7,11,14-15,20,22H,3,8-9H2,1-2H3/t11-,14+,15+/m0/s1. The van der Waals surface area contributed by atoms with Gasteiger partial charge < -0.3 is 5.11 Å². The highest BCUT2D eigenvalue weighted by atomic mass is 32.2. The SMILES string of the molecule is Cc1nc([C@H]2CC[C@@H](O)[C@H](NS(=O)(=O)c3ccc(F)cc3)C2)n(C)n1. The number of halogens is 1. The lowest BCUT2D eigenvalue weighted by Gasteiger charge is -2.33. The predicted molar refractivity (Wildman–Crippen MR) is 88.8 cm³/mol. The number of benzene rings is 1. The third-order valence-electron chi connectivity index (χ3n) is 4.51. The highest BCUT2D eigenvalue weighted by Crippen LogP contribution is 2.32. The fraction of sp³-hybridized carbons (Fsp3) is 0.500. The Bertz CT molecular complexity index is 851. The molecule has 0 spiro atoms. The Morgan fingerprint density at radius 2 is 1.96 bits per heavy atom. The largest absolute Gasteiger partial charge is 0.391 e. The Morgan fingerprint density at radius 3 is 2.56 bits per heavy atom. The molecule has 2 aromatic rings.